The van der Waals surface area contributed by atoms with Crippen LogP contribution in [0, 0.1) is 0 Å². The predicted molar refractivity (Wildman–Crippen MR) is 74.6 cm³/mol. The van der Waals surface area contributed by atoms with E-state index in [4.69, 9.17) is 19.9 Å². The Hall–Kier alpha value is -1.79. The van der Waals surface area contributed by atoms with Crippen LogP contribution in [-0.2, 0) is 19.0 Å². The van der Waals surface area contributed by atoms with E-state index in [-0.39, 0.29) is 12.4 Å². The van der Waals surface area contributed by atoms with E-state index in [9.17, 15) is 4.79 Å². The number of carbonyl (C=O) groups is 1. The minimum absolute atomic E-state index is 0.257. The van der Waals surface area contributed by atoms with Crippen molar-refractivity contribution >= 4 is 11.7 Å². The summed E-state index contributed by atoms with van der Waals surface area (Å²) in [6, 6.07) is 7.31. The first-order valence-electron chi connectivity index (χ1n) is 6.43. The van der Waals surface area contributed by atoms with Crippen LogP contribution in [-0.4, -0.2) is 46.1 Å². The van der Waals surface area contributed by atoms with E-state index >= 15 is 0 Å². The summed E-state index contributed by atoms with van der Waals surface area (Å²) in [6.07, 6.45) is 0.257. The molecule has 1 rings (SSSR count). The number of para-hydroxylation sites is 2. The molecule has 0 amide bonds. The molecule has 1 aromatic carbocycles. The topological polar surface area (TPSA) is 80.0 Å². The number of nitrogens with two attached hydrogens (primary N) is 1. The van der Waals surface area contributed by atoms with Crippen LogP contribution in [0.1, 0.15) is 6.42 Å². The number of hydrogen-bond donors (Lipinski definition) is 1. The molecule has 2 N–H and O–H groups in total. The Bertz CT molecular complexity index is 397. The second-order valence-corrected chi connectivity index (χ2v) is 3.94. The van der Waals surface area contributed by atoms with Gasteiger partial charge in [0.1, 0.15) is 12.4 Å². The summed E-state index contributed by atoms with van der Waals surface area (Å²) in [6.45, 7) is 2.11. The van der Waals surface area contributed by atoms with Crippen molar-refractivity contribution in [3.63, 3.8) is 0 Å². The van der Waals surface area contributed by atoms with Crippen molar-refractivity contribution in [2.24, 2.45) is 0 Å². The van der Waals surface area contributed by atoms with E-state index in [1.54, 1.807) is 6.07 Å². The maximum Gasteiger partial charge on any atom is 0.307 e. The van der Waals surface area contributed by atoms with Crippen LogP contribution in [0.25, 0.3) is 0 Å². The number of benzene rings is 1. The summed E-state index contributed by atoms with van der Waals surface area (Å²) >= 11 is 0. The van der Waals surface area contributed by atoms with Crippen molar-refractivity contribution in [2.45, 2.75) is 6.42 Å². The van der Waals surface area contributed by atoms with Gasteiger partial charge >= 0.3 is 5.97 Å². The summed E-state index contributed by atoms with van der Waals surface area (Å²) in [5, 5.41) is 0. The van der Waals surface area contributed by atoms with E-state index in [2.05, 4.69) is 4.74 Å². The fraction of sp³-hybridized carbons (Fsp3) is 0.500. The highest BCUT2D eigenvalue weighted by Gasteiger charge is 2.00. The molecule has 112 valence electrons. The van der Waals surface area contributed by atoms with Crippen molar-refractivity contribution in [3.05, 3.63) is 24.3 Å². The Kier molecular flexibility index (Phi) is 8.17. The van der Waals surface area contributed by atoms with E-state index in [1.807, 2.05) is 18.2 Å². The molecule has 0 aliphatic rings. The van der Waals surface area contributed by atoms with Crippen molar-refractivity contribution in [1.82, 2.24) is 0 Å². The minimum Gasteiger partial charge on any atom is -0.489 e. The van der Waals surface area contributed by atoms with Gasteiger partial charge in [-0.15, -0.1) is 0 Å². The molecule has 0 spiro atoms. The van der Waals surface area contributed by atoms with Gasteiger partial charge in [0.15, 0.2) is 0 Å². The number of ether oxygens (including phenoxy) is 4. The van der Waals surface area contributed by atoms with Crippen molar-refractivity contribution in [2.75, 3.05) is 45.9 Å². The number of carbonyl (C=O) groups excluding carboxylic acids is 1. The molecule has 0 unspecified atom stereocenters. The van der Waals surface area contributed by atoms with Gasteiger partial charge in [-0.25, -0.2) is 0 Å². The molecule has 6 heteroatoms. The van der Waals surface area contributed by atoms with Gasteiger partial charge in [-0.05, 0) is 12.1 Å². The van der Waals surface area contributed by atoms with Crippen LogP contribution in [0.3, 0.4) is 0 Å². The highest BCUT2D eigenvalue weighted by atomic mass is 16.5. The SMILES string of the molecule is COC(=O)CCOCCOCCOc1ccccc1N. The molecule has 6 nitrogen and oxygen atoms in total. The Morgan fingerprint density at radius 1 is 1.05 bits per heavy atom. The largest absolute Gasteiger partial charge is 0.489 e. The monoisotopic (exact) mass is 283 g/mol. The molecule has 20 heavy (non-hydrogen) atoms. The van der Waals surface area contributed by atoms with Gasteiger partial charge in [0, 0.05) is 0 Å². The number of methoxy groups -OCH3 is 1. The molecule has 0 fully saturated rings. The average Bonchev–Trinajstić information content (AvgIpc) is 2.47. The van der Waals surface area contributed by atoms with E-state index < -0.39 is 0 Å². The maximum absolute atomic E-state index is 10.8. The van der Waals surface area contributed by atoms with Crippen LogP contribution in [0.4, 0.5) is 5.69 Å². The van der Waals surface area contributed by atoms with Crippen LogP contribution in [0.5, 0.6) is 5.75 Å². The van der Waals surface area contributed by atoms with Crippen LogP contribution >= 0.6 is 0 Å². The first-order valence-corrected chi connectivity index (χ1v) is 6.43. The highest BCUT2D eigenvalue weighted by molar-refractivity contribution is 5.69. The van der Waals surface area contributed by atoms with Gasteiger partial charge in [0.25, 0.3) is 0 Å². The Morgan fingerprint density at radius 2 is 1.70 bits per heavy atom. The van der Waals surface area contributed by atoms with Gasteiger partial charge in [0.2, 0.25) is 0 Å². The molecule has 0 atom stereocenters. The molecule has 0 saturated carbocycles. The summed E-state index contributed by atoms with van der Waals surface area (Å²) < 4.78 is 20.5. The highest BCUT2D eigenvalue weighted by Crippen LogP contribution is 2.19. The first-order chi connectivity index (χ1) is 9.74. The average molecular weight is 283 g/mol. The normalized spacial score (nSPS) is 10.2. The fourth-order valence-electron chi connectivity index (χ4n) is 1.40. The number of anilines is 1. The number of nitrogen functional groups attached to an aromatic ring is 1. The number of rotatable bonds is 10. The van der Waals surface area contributed by atoms with Gasteiger partial charge in [-0.1, -0.05) is 12.1 Å². The van der Waals surface area contributed by atoms with E-state index in [0.717, 1.165) is 0 Å². The van der Waals surface area contributed by atoms with Crippen molar-refractivity contribution in [1.29, 1.82) is 0 Å². The molecule has 0 aliphatic carbocycles. The summed E-state index contributed by atoms with van der Waals surface area (Å²) in [5.41, 5.74) is 6.34. The molecule has 0 bridgehead atoms. The Balaban J connectivity index is 1.93. The van der Waals surface area contributed by atoms with E-state index in [0.29, 0.717) is 44.5 Å². The second kappa shape index (κ2) is 10.1. The third-order valence-electron chi connectivity index (χ3n) is 2.45. The molecule has 0 aliphatic heterocycles. The van der Waals surface area contributed by atoms with Crippen LogP contribution in [0.15, 0.2) is 24.3 Å². The molecular weight excluding hydrogens is 262 g/mol. The first kappa shape index (κ1) is 16.3. The molecule has 1 aromatic rings. The predicted octanol–water partition coefficient (Wildman–Crippen LogP) is 1.24. The second-order valence-electron chi connectivity index (χ2n) is 3.94. The molecule has 0 aromatic heterocycles. The molecular formula is C14H21NO5. The van der Waals surface area contributed by atoms with Gasteiger partial charge < -0.3 is 24.7 Å². The minimum atomic E-state index is -0.278. The molecule has 0 heterocycles. The van der Waals surface area contributed by atoms with Crippen LogP contribution in [0.2, 0.25) is 0 Å². The lowest BCUT2D eigenvalue weighted by Crippen LogP contribution is -2.13. The van der Waals surface area contributed by atoms with Gasteiger partial charge in [-0.2, -0.15) is 0 Å². The quantitative estimate of drug-likeness (QED) is 0.395. The number of hydrogen-bond acceptors (Lipinski definition) is 6. The van der Waals surface area contributed by atoms with Crippen LogP contribution < -0.4 is 10.5 Å². The third kappa shape index (κ3) is 6.96. The fourth-order valence-corrected chi connectivity index (χ4v) is 1.40. The molecule has 0 saturated heterocycles. The van der Waals surface area contributed by atoms with Crippen molar-refractivity contribution in [3.8, 4) is 5.75 Å². The van der Waals surface area contributed by atoms with Crippen molar-refractivity contribution < 1.29 is 23.7 Å². The zero-order valence-electron chi connectivity index (χ0n) is 11.7. The lowest BCUT2D eigenvalue weighted by Gasteiger charge is -2.09. The summed E-state index contributed by atoms with van der Waals surface area (Å²) in [5.74, 6) is 0.380. The lowest BCUT2D eigenvalue weighted by atomic mass is 10.3. The zero-order valence-corrected chi connectivity index (χ0v) is 11.7. The third-order valence-corrected chi connectivity index (χ3v) is 2.45. The molecule has 0 radical (unpaired) electrons. The summed E-state index contributed by atoms with van der Waals surface area (Å²) in [4.78, 5) is 10.8. The maximum atomic E-state index is 10.8. The van der Waals surface area contributed by atoms with E-state index in [1.165, 1.54) is 7.11 Å². The van der Waals surface area contributed by atoms with Gasteiger partial charge in [-0.3, -0.25) is 4.79 Å². The zero-order chi connectivity index (χ0) is 14.6. The summed E-state index contributed by atoms with van der Waals surface area (Å²) in [7, 11) is 1.35. The number of esters is 1. The lowest BCUT2D eigenvalue weighted by molar-refractivity contribution is -0.141. The van der Waals surface area contributed by atoms with Gasteiger partial charge in [0.05, 0.1) is 45.6 Å². The Labute approximate surface area is 118 Å². The standard InChI is InChI=1S/C14H21NO5/c1-17-14(16)6-7-18-8-9-19-10-11-20-13-5-3-2-4-12(13)15/h2-5H,6-11,15H2,1H3. The Morgan fingerprint density at radius 3 is 2.40 bits per heavy atom. The smallest absolute Gasteiger partial charge is 0.307 e.